The van der Waals surface area contributed by atoms with Crippen LogP contribution in [0.3, 0.4) is 0 Å². The molecular weight excluding hydrogens is 346 g/mol. The summed E-state index contributed by atoms with van der Waals surface area (Å²) >= 11 is 0. The van der Waals surface area contributed by atoms with Gasteiger partial charge in [-0.3, -0.25) is 4.79 Å². The zero-order valence-corrected chi connectivity index (χ0v) is 16.0. The molecule has 0 spiro atoms. The monoisotopic (exact) mass is 371 g/mol. The summed E-state index contributed by atoms with van der Waals surface area (Å²) in [5, 5.41) is 4.77. The van der Waals surface area contributed by atoms with Crippen LogP contribution in [0.2, 0.25) is 0 Å². The Labute approximate surface area is 165 Å². The van der Waals surface area contributed by atoms with Gasteiger partial charge in [0.1, 0.15) is 5.69 Å². The van der Waals surface area contributed by atoms with Crippen molar-refractivity contribution in [2.75, 3.05) is 19.6 Å². The number of fused-ring (bicyclic) bond motifs is 5. The van der Waals surface area contributed by atoms with E-state index >= 15 is 0 Å². The highest BCUT2D eigenvalue weighted by Crippen LogP contribution is 2.31. The van der Waals surface area contributed by atoms with E-state index in [9.17, 15) is 4.79 Å². The molecule has 3 aromatic rings. The predicted octanol–water partition coefficient (Wildman–Crippen LogP) is 4.32. The molecule has 0 aliphatic carbocycles. The average molecular weight is 371 g/mol. The Kier molecular flexibility index (Phi) is 4.57. The molecular formula is C24H25N3O. The molecule has 142 valence electrons. The second-order valence-corrected chi connectivity index (χ2v) is 8.07. The number of carbonyl (C=O) groups is 1. The van der Waals surface area contributed by atoms with E-state index in [-0.39, 0.29) is 11.7 Å². The van der Waals surface area contributed by atoms with E-state index in [2.05, 4.69) is 23.1 Å². The number of rotatable bonds is 4. The van der Waals surface area contributed by atoms with E-state index in [1.165, 1.54) is 12.8 Å². The largest absolute Gasteiger partial charge is 0.303 e. The minimum atomic E-state index is 0.133. The molecule has 1 unspecified atom stereocenters. The number of hydrogen-bond acceptors (Lipinski definition) is 3. The number of nitrogens with zero attached hydrogens (tertiary/aromatic N) is 3. The summed E-state index contributed by atoms with van der Waals surface area (Å²) in [6.45, 7) is 3.23. The van der Waals surface area contributed by atoms with Crippen molar-refractivity contribution in [3.63, 3.8) is 0 Å². The van der Waals surface area contributed by atoms with Crippen LogP contribution in [0.15, 0.2) is 60.8 Å². The van der Waals surface area contributed by atoms with Gasteiger partial charge in [-0.25, -0.2) is 4.52 Å². The maximum Gasteiger partial charge on any atom is 0.160 e. The minimum absolute atomic E-state index is 0.133. The van der Waals surface area contributed by atoms with Crippen LogP contribution < -0.4 is 0 Å². The Balaban J connectivity index is 1.48. The van der Waals surface area contributed by atoms with Crippen molar-refractivity contribution in [1.82, 2.24) is 14.5 Å². The Bertz CT molecular complexity index is 999. The third-order valence-corrected chi connectivity index (χ3v) is 6.25. The number of piperidine rings is 1. The highest BCUT2D eigenvalue weighted by atomic mass is 16.1. The van der Waals surface area contributed by atoms with Gasteiger partial charge in [0.15, 0.2) is 5.78 Å². The highest BCUT2D eigenvalue weighted by Gasteiger charge is 2.31. The molecule has 3 fully saturated rings. The Morgan fingerprint density at radius 1 is 1.04 bits per heavy atom. The molecule has 28 heavy (non-hydrogen) atoms. The van der Waals surface area contributed by atoms with E-state index in [0.29, 0.717) is 0 Å². The maximum atomic E-state index is 13.0. The van der Waals surface area contributed by atoms with Crippen LogP contribution in [0.4, 0.5) is 0 Å². The van der Waals surface area contributed by atoms with Crippen molar-refractivity contribution in [2.24, 2.45) is 11.8 Å². The molecule has 2 bridgehead atoms. The van der Waals surface area contributed by atoms with Crippen LogP contribution >= 0.6 is 0 Å². The van der Waals surface area contributed by atoms with Gasteiger partial charge >= 0.3 is 0 Å². The number of pyridine rings is 1. The van der Waals surface area contributed by atoms with E-state index in [4.69, 9.17) is 5.10 Å². The van der Waals surface area contributed by atoms with Gasteiger partial charge in [0.25, 0.3) is 0 Å². The number of ketones is 1. The fourth-order valence-corrected chi connectivity index (χ4v) is 4.69. The lowest BCUT2D eigenvalue weighted by Gasteiger charge is -2.26. The standard InChI is InChI=1S/C24H25N3O/c28-23(20-16-18-11-14-26(17-20)15-12-18)10-9-21-22-8-4-5-13-27(22)25-24(21)19-6-2-1-3-7-19/h1-10,13,18,20H,11-12,14-17H2/b10-9+. The van der Waals surface area contributed by atoms with Crippen LogP contribution in [0.1, 0.15) is 24.8 Å². The van der Waals surface area contributed by atoms with Crippen LogP contribution in [0, 0.1) is 11.8 Å². The third kappa shape index (κ3) is 3.29. The van der Waals surface area contributed by atoms with Crippen molar-refractivity contribution in [3.8, 4) is 11.3 Å². The lowest BCUT2D eigenvalue weighted by Crippen LogP contribution is -2.32. The first-order valence-electron chi connectivity index (χ1n) is 10.2. The summed E-state index contributed by atoms with van der Waals surface area (Å²) in [5.74, 6) is 1.11. The van der Waals surface area contributed by atoms with Crippen LogP contribution in [-0.4, -0.2) is 39.9 Å². The minimum Gasteiger partial charge on any atom is -0.303 e. The maximum absolute atomic E-state index is 13.0. The second-order valence-electron chi connectivity index (χ2n) is 8.07. The third-order valence-electron chi connectivity index (χ3n) is 6.25. The topological polar surface area (TPSA) is 37.6 Å². The van der Waals surface area contributed by atoms with Crippen LogP contribution in [0.5, 0.6) is 0 Å². The molecule has 0 N–H and O–H groups in total. The smallest absolute Gasteiger partial charge is 0.160 e. The fraction of sp³-hybridized carbons (Fsp3) is 0.333. The van der Waals surface area contributed by atoms with Gasteiger partial charge in [-0.15, -0.1) is 0 Å². The normalized spacial score (nSPS) is 24.6. The number of carbonyl (C=O) groups excluding carboxylic acids is 1. The number of hydrogen-bond donors (Lipinski definition) is 0. The molecule has 0 saturated carbocycles. The molecule has 5 heterocycles. The highest BCUT2D eigenvalue weighted by molar-refractivity contribution is 5.98. The number of benzene rings is 1. The van der Waals surface area contributed by atoms with Gasteiger partial charge in [0.2, 0.25) is 0 Å². The van der Waals surface area contributed by atoms with Crippen LogP contribution in [0.25, 0.3) is 22.9 Å². The Morgan fingerprint density at radius 2 is 1.82 bits per heavy atom. The van der Waals surface area contributed by atoms with Crippen molar-refractivity contribution in [2.45, 2.75) is 19.3 Å². The van der Waals surface area contributed by atoms with Gasteiger partial charge in [-0.2, -0.15) is 5.10 Å². The predicted molar refractivity (Wildman–Crippen MR) is 112 cm³/mol. The molecule has 3 aliphatic rings. The van der Waals surface area contributed by atoms with Gasteiger partial charge in [-0.1, -0.05) is 36.4 Å². The number of aromatic nitrogens is 2. The molecule has 0 amide bonds. The van der Waals surface area contributed by atoms with Crippen molar-refractivity contribution >= 4 is 17.4 Å². The number of allylic oxidation sites excluding steroid dienone is 1. The van der Waals surface area contributed by atoms with E-state index in [0.717, 1.165) is 54.3 Å². The lowest BCUT2D eigenvalue weighted by molar-refractivity contribution is -0.118. The molecule has 6 rings (SSSR count). The lowest BCUT2D eigenvalue weighted by atomic mass is 9.89. The molecule has 4 nitrogen and oxygen atoms in total. The molecule has 1 atom stereocenters. The van der Waals surface area contributed by atoms with Crippen molar-refractivity contribution in [3.05, 3.63) is 66.4 Å². The first-order valence-corrected chi connectivity index (χ1v) is 10.2. The summed E-state index contributed by atoms with van der Waals surface area (Å²) in [6.07, 6.45) is 9.28. The van der Waals surface area contributed by atoms with Gasteiger partial charge < -0.3 is 4.90 Å². The average Bonchev–Trinajstić information content (AvgIpc) is 2.87. The summed E-state index contributed by atoms with van der Waals surface area (Å²) < 4.78 is 1.89. The van der Waals surface area contributed by atoms with E-state index in [1.54, 1.807) is 6.08 Å². The molecule has 3 saturated heterocycles. The summed E-state index contributed by atoms with van der Waals surface area (Å²) in [7, 11) is 0. The summed E-state index contributed by atoms with van der Waals surface area (Å²) in [4.78, 5) is 15.5. The first-order chi connectivity index (χ1) is 13.8. The van der Waals surface area contributed by atoms with Gasteiger partial charge in [0.05, 0.1) is 5.52 Å². The molecule has 3 aliphatic heterocycles. The van der Waals surface area contributed by atoms with Gasteiger partial charge in [0, 0.05) is 29.8 Å². The summed E-state index contributed by atoms with van der Waals surface area (Å²) in [5.41, 5.74) is 4.02. The fourth-order valence-electron chi connectivity index (χ4n) is 4.69. The van der Waals surface area contributed by atoms with Crippen molar-refractivity contribution in [1.29, 1.82) is 0 Å². The molecule has 1 aromatic carbocycles. The first kappa shape index (κ1) is 17.4. The van der Waals surface area contributed by atoms with E-state index in [1.807, 2.05) is 47.1 Å². The molecule has 4 heteroatoms. The molecule has 0 radical (unpaired) electrons. The Hall–Kier alpha value is -2.72. The zero-order valence-electron chi connectivity index (χ0n) is 16.0. The summed E-state index contributed by atoms with van der Waals surface area (Å²) in [6, 6.07) is 16.2. The quantitative estimate of drug-likeness (QED) is 0.641. The van der Waals surface area contributed by atoms with E-state index < -0.39 is 0 Å². The molecule has 2 aromatic heterocycles. The van der Waals surface area contributed by atoms with Gasteiger partial charge in [-0.05, 0) is 62.6 Å². The zero-order chi connectivity index (χ0) is 18.9. The Morgan fingerprint density at radius 3 is 2.64 bits per heavy atom. The van der Waals surface area contributed by atoms with Crippen molar-refractivity contribution < 1.29 is 4.79 Å². The SMILES string of the molecule is O=C(/C=C/c1c(-c2ccccc2)nn2ccccc12)C1CC2CCN(CC2)C1. The second kappa shape index (κ2) is 7.36. The van der Waals surface area contributed by atoms with Crippen LogP contribution in [-0.2, 0) is 4.79 Å².